The fraction of sp³-hybridized carbons (Fsp3) is 0.241. The fourth-order valence-electron chi connectivity index (χ4n) is 4.33. The largest absolute Gasteiger partial charge is 0.507 e. The number of methoxy groups -OCH3 is 1. The molecule has 198 valence electrons. The molecule has 1 atom stereocenters. The van der Waals surface area contributed by atoms with Gasteiger partial charge in [-0.2, -0.15) is 13.2 Å². The summed E-state index contributed by atoms with van der Waals surface area (Å²) >= 11 is 0. The number of carbonyl (C=O) groups excluding carboxylic acids is 2. The van der Waals surface area contributed by atoms with Crippen molar-refractivity contribution < 1.29 is 37.3 Å². The Kier molecular flexibility index (Phi) is 7.75. The molecule has 38 heavy (non-hydrogen) atoms. The second-order valence-electron chi connectivity index (χ2n) is 8.77. The van der Waals surface area contributed by atoms with Gasteiger partial charge in [0.05, 0.1) is 30.9 Å². The second-order valence-corrected chi connectivity index (χ2v) is 8.77. The highest BCUT2D eigenvalue weighted by atomic mass is 19.4. The zero-order valence-electron chi connectivity index (χ0n) is 20.8. The molecule has 1 aliphatic rings. The van der Waals surface area contributed by atoms with Gasteiger partial charge >= 0.3 is 6.18 Å². The highest BCUT2D eigenvalue weighted by Gasteiger charge is 2.46. The monoisotopic (exact) mass is 525 g/mol. The second kappa shape index (κ2) is 11.0. The highest BCUT2D eigenvalue weighted by molar-refractivity contribution is 6.46. The van der Waals surface area contributed by atoms with E-state index in [0.29, 0.717) is 29.2 Å². The number of rotatable bonds is 8. The molecule has 0 radical (unpaired) electrons. The first kappa shape index (κ1) is 26.8. The van der Waals surface area contributed by atoms with Gasteiger partial charge in [-0.15, -0.1) is 0 Å². The van der Waals surface area contributed by atoms with Gasteiger partial charge in [-0.25, -0.2) is 0 Å². The molecule has 1 heterocycles. The first-order valence-corrected chi connectivity index (χ1v) is 12.0. The van der Waals surface area contributed by atoms with Crippen LogP contribution in [0.5, 0.6) is 11.5 Å². The number of hydrogen-bond donors (Lipinski definition) is 1. The van der Waals surface area contributed by atoms with E-state index in [1.807, 2.05) is 6.92 Å². The molecule has 1 unspecified atom stereocenters. The molecule has 0 aliphatic carbocycles. The topological polar surface area (TPSA) is 76.1 Å². The number of likely N-dealkylation sites (tertiary alicyclic amines) is 1. The van der Waals surface area contributed by atoms with Gasteiger partial charge in [-0.05, 0) is 66.1 Å². The number of alkyl halides is 3. The number of halogens is 3. The summed E-state index contributed by atoms with van der Waals surface area (Å²) in [6.07, 6.45) is -3.75. The minimum atomic E-state index is -4.57. The Balaban J connectivity index is 1.80. The summed E-state index contributed by atoms with van der Waals surface area (Å²) in [4.78, 5) is 27.6. The van der Waals surface area contributed by atoms with Crippen LogP contribution >= 0.6 is 0 Å². The molecule has 1 saturated heterocycles. The van der Waals surface area contributed by atoms with Crippen LogP contribution in [0, 0.1) is 0 Å². The molecule has 6 nitrogen and oxygen atoms in total. The number of amides is 1. The molecule has 1 aliphatic heterocycles. The Morgan fingerprint density at radius 2 is 1.68 bits per heavy atom. The Labute approximate surface area is 217 Å². The third kappa shape index (κ3) is 5.51. The first-order chi connectivity index (χ1) is 18.1. The van der Waals surface area contributed by atoms with Crippen molar-refractivity contribution in [1.29, 1.82) is 0 Å². The lowest BCUT2D eigenvalue weighted by Gasteiger charge is -2.26. The van der Waals surface area contributed by atoms with E-state index in [0.717, 1.165) is 23.5 Å². The van der Waals surface area contributed by atoms with Gasteiger partial charge in [-0.3, -0.25) is 9.59 Å². The van der Waals surface area contributed by atoms with Crippen molar-refractivity contribution in [2.45, 2.75) is 32.1 Å². The predicted molar refractivity (Wildman–Crippen MR) is 135 cm³/mol. The van der Waals surface area contributed by atoms with Crippen LogP contribution in [-0.4, -0.2) is 35.4 Å². The number of aliphatic hydroxyl groups is 1. The smallest absolute Gasteiger partial charge is 0.416 e. The molecule has 4 rings (SSSR count). The number of hydrogen-bond acceptors (Lipinski definition) is 5. The van der Waals surface area contributed by atoms with Crippen molar-refractivity contribution in [1.82, 2.24) is 4.90 Å². The van der Waals surface area contributed by atoms with E-state index < -0.39 is 35.2 Å². The quantitative estimate of drug-likeness (QED) is 0.218. The van der Waals surface area contributed by atoms with Crippen LogP contribution in [0.4, 0.5) is 13.2 Å². The summed E-state index contributed by atoms with van der Waals surface area (Å²) < 4.78 is 50.8. The predicted octanol–water partition coefficient (Wildman–Crippen LogP) is 6.12. The van der Waals surface area contributed by atoms with E-state index in [-0.39, 0.29) is 17.7 Å². The van der Waals surface area contributed by atoms with Gasteiger partial charge in [-0.1, -0.05) is 31.2 Å². The molecule has 1 N–H and O–H groups in total. The lowest BCUT2D eigenvalue weighted by atomic mass is 9.95. The molecule has 3 aromatic carbocycles. The van der Waals surface area contributed by atoms with Crippen molar-refractivity contribution in [3.63, 3.8) is 0 Å². The van der Waals surface area contributed by atoms with Crippen LogP contribution in [0.3, 0.4) is 0 Å². The van der Waals surface area contributed by atoms with E-state index in [4.69, 9.17) is 9.47 Å². The summed E-state index contributed by atoms with van der Waals surface area (Å²) in [7, 11) is 1.46. The van der Waals surface area contributed by atoms with Crippen LogP contribution in [-0.2, 0) is 22.3 Å². The van der Waals surface area contributed by atoms with Gasteiger partial charge in [0.25, 0.3) is 11.7 Å². The van der Waals surface area contributed by atoms with E-state index in [1.54, 1.807) is 48.5 Å². The van der Waals surface area contributed by atoms with E-state index in [2.05, 4.69) is 0 Å². The number of ether oxygens (including phenoxy) is 2. The number of carbonyl (C=O) groups is 2. The molecule has 0 spiro atoms. The average Bonchev–Trinajstić information content (AvgIpc) is 3.16. The fourth-order valence-corrected chi connectivity index (χ4v) is 4.33. The molecule has 3 aromatic rings. The molecule has 9 heteroatoms. The average molecular weight is 526 g/mol. The highest BCUT2D eigenvalue weighted by Crippen LogP contribution is 2.41. The molecular formula is C29H26F3NO5. The molecule has 0 bridgehead atoms. The lowest BCUT2D eigenvalue weighted by Crippen LogP contribution is -2.29. The first-order valence-electron chi connectivity index (χ1n) is 12.0. The molecule has 1 fully saturated rings. The van der Waals surface area contributed by atoms with Crippen LogP contribution < -0.4 is 9.47 Å². The maximum atomic E-state index is 13.3. The third-order valence-electron chi connectivity index (χ3n) is 6.16. The van der Waals surface area contributed by atoms with Gasteiger partial charge in [0, 0.05) is 12.1 Å². The zero-order valence-corrected chi connectivity index (χ0v) is 20.8. The van der Waals surface area contributed by atoms with Crippen molar-refractivity contribution in [2.75, 3.05) is 13.7 Å². The van der Waals surface area contributed by atoms with Crippen LogP contribution in [0.15, 0.2) is 78.4 Å². The Morgan fingerprint density at radius 3 is 2.34 bits per heavy atom. The van der Waals surface area contributed by atoms with Gasteiger partial charge in [0.2, 0.25) is 0 Å². The molecule has 0 aromatic heterocycles. The number of benzene rings is 3. The van der Waals surface area contributed by atoms with Crippen molar-refractivity contribution in [2.24, 2.45) is 0 Å². The minimum Gasteiger partial charge on any atom is -0.507 e. The minimum absolute atomic E-state index is 0.169. The van der Waals surface area contributed by atoms with Crippen molar-refractivity contribution in [3.8, 4) is 11.5 Å². The van der Waals surface area contributed by atoms with Gasteiger partial charge < -0.3 is 19.5 Å². The van der Waals surface area contributed by atoms with E-state index in [9.17, 15) is 27.9 Å². The van der Waals surface area contributed by atoms with Crippen molar-refractivity contribution >= 4 is 17.4 Å². The van der Waals surface area contributed by atoms with Gasteiger partial charge in [0.15, 0.2) is 0 Å². The summed E-state index contributed by atoms with van der Waals surface area (Å²) in [5.41, 5.74) is -0.0989. The summed E-state index contributed by atoms with van der Waals surface area (Å²) in [5, 5.41) is 11.2. The Morgan fingerprint density at radius 1 is 0.974 bits per heavy atom. The Bertz CT molecular complexity index is 1370. The third-order valence-corrected chi connectivity index (χ3v) is 6.16. The molecular weight excluding hydrogens is 499 g/mol. The number of aliphatic hydroxyl groups excluding tert-OH is 1. The number of nitrogens with zero attached hydrogens (tertiary/aromatic N) is 1. The van der Waals surface area contributed by atoms with E-state index >= 15 is 0 Å². The standard InChI is InChI=1S/C29H26F3NO5/c1-3-14-38-22-12-10-19(11-13-22)26(34)24-25(20-7-5-9-23(16-20)37-2)33(28(36)27(24)35)17-18-6-4-8-21(15-18)29(30,31)32/h4-13,15-16,25,34H,3,14,17H2,1-2H3/b26-24+. The van der Waals surface area contributed by atoms with Crippen LogP contribution in [0.2, 0.25) is 0 Å². The maximum Gasteiger partial charge on any atom is 0.416 e. The van der Waals surface area contributed by atoms with Crippen LogP contribution in [0.25, 0.3) is 5.76 Å². The number of Topliss-reactive ketones (excluding diaryl/α,β-unsaturated/α-hetero) is 1. The SMILES string of the molecule is CCCOc1ccc(/C(O)=C2\C(=O)C(=O)N(Cc3cccc(C(F)(F)F)c3)C2c2cccc(OC)c2)cc1. The zero-order chi connectivity index (χ0) is 27.4. The normalized spacial score (nSPS) is 17.1. The summed E-state index contributed by atoms with van der Waals surface area (Å²) in [6.45, 7) is 2.20. The van der Waals surface area contributed by atoms with Gasteiger partial charge in [0.1, 0.15) is 17.3 Å². The van der Waals surface area contributed by atoms with Crippen molar-refractivity contribution in [3.05, 3.63) is 101 Å². The lowest BCUT2D eigenvalue weighted by molar-refractivity contribution is -0.140. The molecule has 0 saturated carbocycles. The summed E-state index contributed by atoms with van der Waals surface area (Å²) in [6, 6.07) is 16.6. The van der Waals surface area contributed by atoms with E-state index in [1.165, 1.54) is 19.2 Å². The molecule has 1 amide bonds. The summed E-state index contributed by atoms with van der Waals surface area (Å²) in [5.74, 6) is -1.24. The number of ketones is 1. The maximum absolute atomic E-state index is 13.3. The Hall–Kier alpha value is -4.27. The van der Waals surface area contributed by atoms with Crippen LogP contribution in [0.1, 0.15) is 41.6 Å².